The number of imide groups is 1. The van der Waals surface area contributed by atoms with Crippen LogP contribution in [-0.2, 0) is 9.53 Å². The van der Waals surface area contributed by atoms with Gasteiger partial charge in [-0.3, -0.25) is 14.9 Å². The maximum absolute atomic E-state index is 12.3. The van der Waals surface area contributed by atoms with Crippen LogP contribution in [-0.4, -0.2) is 52.2 Å². The van der Waals surface area contributed by atoms with E-state index in [4.69, 9.17) is 4.74 Å². The number of ether oxygens (including phenoxy) is 1. The smallest absolute Gasteiger partial charge is 0.326 e. The SMILES string of the molecule is CCOCCNC(=O)c1ccc(-c2ccn3ncc(C=C4NC(=O)NC4=O)c3n2)s1. The fraction of sp³-hybridized carbons (Fsp3) is 0.211. The Bertz CT molecular complexity index is 1160. The Morgan fingerprint density at radius 3 is 2.93 bits per heavy atom. The van der Waals surface area contributed by atoms with Crippen molar-refractivity contribution < 1.29 is 19.1 Å². The third kappa shape index (κ3) is 4.07. The summed E-state index contributed by atoms with van der Waals surface area (Å²) >= 11 is 1.33. The first-order valence-electron chi connectivity index (χ1n) is 9.19. The van der Waals surface area contributed by atoms with Crippen LogP contribution in [0.3, 0.4) is 0 Å². The zero-order valence-electron chi connectivity index (χ0n) is 16.0. The van der Waals surface area contributed by atoms with Gasteiger partial charge in [0, 0.05) is 24.9 Å². The van der Waals surface area contributed by atoms with Gasteiger partial charge in [-0.1, -0.05) is 0 Å². The lowest BCUT2D eigenvalue weighted by Gasteiger charge is -2.03. The van der Waals surface area contributed by atoms with Crippen LogP contribution in [0.2, 0.25) is 0 Å². The summed E-state index contributed by atoms with van der Waals surface area (Å²) in [5.74, 6) is -0.668. The van der Waals surface area contributed by atoms with Gasteiger partial charge in [-0.15, -0.1) is 11.3 Å². The topological polar surface area (TPSA) is 127 Å². The molecule has 0 bridgehead atoms. The summed E-state index contributed by atoms with van der Waals surface area (Å²) in [7, 11) is 0. The molecular formula is C19H18N6O4S. The van der Waals surface area contributed by atoms with Crippen LogP contribution < -0.4 is 16.0 Å². The van der Waals surface area contributed by atoms with E-state index in [1.165, 1.54) is 17.4 Å². The van der Waals surface area contributed by atoms with E-state index in [-0.39, 0.29) is 11.6 Å². The lowest BCUT2D eigenvalue weighted by atomic mass is 10.2. The fourth-order valence-electron chi connectivity index (χ4n) is 2.83. The molecule has 0 unspecified atom stereocenters. The molecule has 3 aromatic heterocycles. The van der Waals surface area contributed by atoms with E-state index in [9.17, 15) is 14.4 Å². The summed E-state index contributed by atoms with van der Waals surface area (Å²) in [6.07, 6.45) is 4.82. The minimum Gasteiger partial charge on any atom is -0.380 e. The van der Waals surface area contributed by atoms with E-state index < -0.39 is 11.9 Å². The van der Waals surface area contributed by atoms with Gasteiger partial charge in [0.25, 0.3) is 11.8 Å². The van der Waals surface area contributed by atoms with Crippen molar-refractivity contribution in [3.8, 4) is 10.6 Å². The molecule has 11 heteroatoms. The summed E-state index contributed by atoms with van der Waals surface area (Å²) in [6, 6.07) is 4.81. The van der Waals surface area contributed by atoms with Crippen molar-refractivity contribution in [3.05, 3.63) is 46.7 Å². The van der Waals surface area contributed by atoms with Gasteiger partial charge in [0.1, 0.15) is 5.70 Å². The second-order valence-electron chi connectivity index (χ2n) is 6.26. The molecule has 3 N–H and O–H groups in total. The number of amides is 4. The third-order valence-electron chi connectivity index (χ3n) is 4.23. The van der Waals surface area contributed by atoms with Crippen LogP contribution in [0.5, 0.6) is 0 Å². The summed E-state index contributed by atoms with van der Waals surface area (Å²) in [6.45, 7) is 3.42. The standard InChI is InChI=1S/C19H18N6O4S/c1-2-29-8-6-20-18(27)15-4-3-14(30-15)12-5-7-25-16(22-12)11(10-21-25)9-13-17(26)24-19(28)23-13/h3-5,7,9-10H,2,6,8H2,1H3,(H,20,27)(H2,23,24,26,28). The summed E-state index contributed by atoms with van der Waals surface area (Å²) in [5.41, 5.74) is 1.89. The number of nitrogens with zero attached hydrogens (tertiary/aromatic N) is 3. The minimum atomic E-state index is -0.568. The molecule has 0 atom stereocenters. The van der Waals surface area contributed by atoms with Crippen molar-refractivity contribution in [1.82, 2.24) is 30.5 Å². The van der Waals surface area contributed by atoms with Crippen molar-refractivity contribution in [3.63, 3.8) is 0 Å². The number of urea groups is 1. The van der Waals surface area contributed by atoms with E-state index in [0.29, 0.717) is 41.5 Å². The minimum absolute atomic E-state index is 0.129. The summed E-state index contributed by atoms with van der Waals surface area (Å²) in [4.78, 5) is 41.3. The van der Waals surface area contributed by atoms with Gasteiger partial charge in [-0.2, -0.15) is 5.10 Å². The maximum atomic E-state index is 12.3. The molecule has 4 rings (SSSR count). The predicted octanol–water partition coefficient (Wildman–Crippen LogP) is 1.40. The highest BCUT2D eigenvalue weighted by atomic mass is 32.1. The van der Waals surface area contributed by atoms with Crippen molar-refractivity contribution in [2.24, 2.45) is 0 Å². The quantitative estimate of drug-likeness (QED) is 0.298. The average Bonchev–Trinajstić information content (AvgIpc) is 3.44. The second kappa shape index (κ2) is 8.43. The van der Waals surface area contributed by atoms with Crippen molar-refractivity contribution >= 4 is 40.9 Å². The first-order valence-corrected chi connectivity index (χ1v) is 10.0. The van der Waals surface area contributed by atoms with Crippen LogP contribution in [0.15, 0.2) is 36.3 Å². The highest BCUT2D eigenvalue weighted by molar-refractivity contribution is 7.17. The molecule has 4 heterocycles. The molecule has 1 aliphatic heterocycles. The molecule has 1 aliphatic rings. The molecule has 3 aromatic rings. The number of hydrogen-bond donors (Lipinski definition) is 3. The largest absolute Gasteiger partial charge is 0.380 e. The predicted molar refractivity (Wildman–Crippen MR) is 110 cm³/mol. The summed E-state index contributed by atoms with van der Waals surface area (Å²) in [5, 5.41) is 11.6. The molecule has 0 aromatic carbocycles. The van der Waals surface area contributed by atoms with Crippen molar-refractivity contribution in [1.29, 1.82) is 0 Å². The molecule has 1 fully saturated rings. The Hall–Kier alpha value is -3.57. The lowest BCUT2D eigenvalue weighted by Crippen LogP contribution is -2.26. The number of fused-ring (bicyclic) bond motifs is 1. The number of carbonyl (C=O) groups excluding carboxylic acids is 3. The molecule has 0 radical (unpaired) electrons. The Morgan fingerprint density at radius 2 is 2.17 bits per heavy atom. The van der Waals surface area contributed by atoms with Gasteiger partial charge in [0.15, 0.2) is 5.65 Å². The summed E-state index contributed by atoms with van der Waals surface area (Å²) < 4.78 is 6.79. The fourth-order valence-corrected chi connectivity index (χ4v) is 3.72. The highest BCUT2D eigenvalue weighted by Gasteiger charge is 2.23. The van der Waals surface area contributed by atoms with E-state index in [2.05, 4.69) is 26.0 Å². The van der Waals surface area contributed by atoms with Crippen molar-refractivity contribution in [2.75, 3.05) is 19.8 Å². The zero-order chi connectivity index (χ0) is 21.1. The molecule has 10 nitrogen and oxygen atoms in total. The Morgan fingerprint density at radius 1 is 1.30 bits per heavy atom. The van der Waals surface area contributed by atoms with Crippen LogP contribution in [0.4, 0.5) is 4.79 Å². The van der Waals surface area contributed by atoms with Gasteiger partial charge in [0.2, 0.25) is 0 Å². The molecule has 0 spiro atoms. The van der Waals surface area contributed by atoms with Crippen LogP contribution in [0, 0.1) is 0 Å². The molecule has 0 aliphatic carbocycles. The van der Waals surface area contributed by atoms with E-state index in [0.717, 1.165) is 4.88 Å². The second-order valence-corrected chi connectivity index (χ2v) is 7.35. The molecule has 4 amide bonds. The third-order valence-corrected chi connectivity index (χ3v) is 5.34. The molecule has 0 saturated carbocycles. The van der Waals surface area contributed by atoms with E-state index >= 15 is 0 Å². The number of thiophene rings is 1. The van der Waals surface area contributed by atoms with Gasteiger partial charge >= 0.3 is 6.03 Å². The van der Waals surface area contributed by atoms with Crippen LogP contribution in [0.25, 0.3) is 22.3 Å². The monoisotopic (exact) mass is 426 g/mol. The van der Waals surface area contributed by atoms with Crippen molar-refractivity contribution in [2.45, 2.75) is 6.92 Å². The van der Waals surface area contributed by atoms with Gasteiger partial charge in [0.05, 0.1) is 28.3 Å². The number of nitrogens with one attached hydrogen (secondary N) is 3. The molecule has 1 saturated heterocycles. The first-order chi connectivity index (χ1) is 14.5. The average molecular weight is 426 g/mol. The Kier molecular flexibility index (Phi) is 5.55. The maximum Gasteiger partial charge on any atom is 0.326 e. The lowest BCUT2D eigenvalue weighted by molar-refractivity contribution is -0.115. The molecule has 30 heavy (non-hydrogen) atoms. The van der Waals surface area contributed by atoms with Gasteiger partial charge in [-0.05, 0) is 31.2 Å². The molecular weight excluding hydrogens is 408 g/mol. The number of aromatic nitrogens is 3. The number of carbonyl (C=O) groups is 3. The number of rotatable bonds is 7. The normalized spacial score (nSPS) is 14.9. The molecule has 154 valence electrons. The van der Waals surface area contributed by atoms with Gasteiger partial charge in [-0.25, -0.2) is 14.3 Å². The van der Waals surface area contributed by atoms with E-state index in [1.54, 1.807) is 29.0 Å². The number of hydrogen-bond acceptors (Lipinski definition) is 7. The highest BCUT2D eigenvalue weighted by Crippen LogP contribution is 2.27. The first kappa shape index (κ1) is 19.7. The van der Waals surface area contributed by atoms with Crippen LogP contribution >= 0.6 is 11.3 Å². The Balaban J connectivity index is 1.56. The van der Waals surface area contributed by atoms with Crippen LogP contribution in [0.1, 0.15) is 22.2 Å². The Labute approximate surface area is 174 Å². The van der Waals surface area contributed by atoms with Gasteiger partial charge < -0.3 is 15.4 Å². The zero-order valence-corrected chi connectivity index (χ0v) is 16.8. The van der Waals surface area contributed by atoms with E-state index in [1.807, 2.05) is 13.0 Å².